The number of benzene rings is 2. The lowest BCUT2D eigenvalue weighted by molar-refractivity contribution is 0.0925. The number of thiophene rings is 1. The second kappa shape index (κ2) is 7.63. The summed E-state index contributed by atoms with van der Waals surface area (Å²) in [5.74, 6) is -1.67. The van der Waals surface area contributed by atoms with Gasteiger partial charge in [0, 0.05) is 5.69 Å². The normalized spacial score (nSPS) is 13.0. The molecular weight excluding hydrogens is 478 g/mol. The number of fused-ring (bicyclic) bond motifs is 1. The van der Waals surface area contributed by atoms with Crippen molar-refractivity contribution in [1.29, 1.82) is 0 Å². The van der Waals surface area contributed by atoms with E-state index in [4.69, 9.17) is 46.4 Å². The van der Waals surface area contributed by atoms with Gasteiger partial charge in [0.05, 0.1) is 41.8 Å². The second-order valence-electron chi connectivity index (χ2n) is 5.93. The highest BCUT2D eigenvalue weighted by molar-refractivity contribution is 7.12. The molecule has 0 unspecified atom stereocenters. The van der Waals surface area contributed by atoms with Gasteiger partial charge in [0.1, 0.15) is 0 Å². The predicted molar refractivity (Wildman–Crippen MR) is 116 cm³/mol. The second-order valence-corrected chi connectivity index (χ2v) is 8.39. The minimum atomic E-state index is -0.683. The number of nitrogens with zero attached hydrogens (tertiary/aromatic N) is 1. The fourth-order valence-electron chi connectivity index (χ4n) is 2.91. The lowest BCUT2D eigenvalue weighted by Gasteiger charge is -2.15. The Bertz CT molecular complexity index is 1150. The van der Waals surface area contributed by atoms with Crippen LogP contribution in [0.2, 0.25) is 20.1 Å². The fraction of sp³-hybridized carbons (Fsp3) is 0. The highest BCUT2D eigenvalue weighted by Crippen LogP contribution is 2.45. The number of hydrogen-bond acceptors (Lipinski definition) is 4. The van der Waals surface area contributed by atoms with Gasteiger partial charge in [-0.25, -0.2) is 4.90 Å². The third-order valence-corrected chi connectivity index (χ3v) is 6.88. The van der Waals surface area contributed by atoms with Crippen LogP contribution in [-0.4, -0.2) is 17.7 Å². The molecule has 0 fully saturated rings. The highest BCUT2D eigenvalue weighted by Gasteiger charge is 2.42. The third kappa shape index (κ3) is 3.31. The average Bonchev–Trinajstić information content (AvgIpc) is 3.32. The summed E-state index contributed by atoms with van der Waals surface area (Å²) in [6.07, 6.45) is 0. The molecule has 0 radical (unpaired) electrons. The largest absolute Gasteiger partial charge is 0.321 e. The number of halogens is 4. The van der Waals surface area contributed by atoms with Gasteiger partial charge in [0.2, 0.25) is 0 Å². The average molecular weight is 486 g/mol. The van der Waals surface area contributed by atoms with Crippen LogP contribution in [-0.2, 0) is 0 Å². The SMILES string of the molecule is O=C(Nc1cccc(N2C(=O)c3c(Cl)c(Cl)c(Cl)c(Cl)c3C2=O)c1)c1cccs1. The van der Waals surface area contributed by atoms with Gasteiger partial charge in [-0.15, -0.1) is 11.3 Å². The van der Waals surface area contributed by atoms with E-state index in [1.54, 1.807) is 35.7 Å². The van der Waals surface area contributed by atoms with Crippen LogP contribution in [0.5, 0.6) is 0 Å². The minimum absolute atomic E-state index is 0.1000. The lowest BCUT2D eigenvalue weighted by atomic mass is 10.1. The Labute approximate surface area is 188 Å². The van der Waals surface area contributed by atoms with E-state index in [2.05, 4.69) is 5.32 Å². The van der Waals surface area contributed by atoms with Gasteiger partial charge in [-0.05, 0) is 29.6 Å². The summed E-state index contributed by atoms with van der Waals surface area (Å²) in [5.41, 5.74) is 0.429. The molecule has 10 heteroatoms. The van der Waals surface area contributed by atoms with E-state index >= 15 is 0 Å². The van der Waals surface area contributed by atoms with Crippen LogP contribution in [0.4, 0.5) is 11.4 Å². The predicted octanol–water partition coefficient (Wildman–Crippen LogP) is 6.41. The van der Waals surface area contributed by atoms with Crippen molar-refractivity contribution in [1.82, 2.24) is 0 Å². The van der Waals surface area contributed by atoms with E-state index in [-0.39, 0.29) is 42.8 Å². The van der Waals surface area contributed by atoms with Crippen molar-refractivity contribution in [2.45, 2.75) is 0 Å². The molecule has 5 nitrogen and oxygen atoms in total. The zero-order chi connectivity index (χ0) is 20.9. The Morgan fingerprint density at radius 1 is 0.862 bits per heavy atom. The Balaban J connectivity index is 1.72. The van der Waals surface area contributed by atoms with E-state index in [1.807, 2.05) is 0 Å². The minimum Gasteiger partial charge on any atom is -0.321 e. The van der Waals surface area contributed by atoms with Crippen molar-refractivity contribution in [3.05, 3.63) is 77.9 Å². The van der Waals surface area contributed by atoms with Crippen molar-refractivity contribution in [3.63, 3.8) is 0 Å². The molecule has 0 atom stereocenters. The highest BCUT2D eigenvalue weighted by atomic mass is 35.5. The molecule has 0 aliphatic carbocycles. The molecule has 2 heterocycles. The number of hydrogen-bond donors (Lipinski definition) is 1. The molecule has 4 rings (SSSR count). The van der Waals surface area contributed by atoms with Crippen LogP contribution < -0.4 is 10.2 Å². The summed E-state index contributed by atoms with van der Waals surface area (Å²) in [5, 5.41) is 4.03. The van der Waals surface area contributed by atoms with Gasteiger partial charge in [0.25, 0.3) is 17.7 Å². The molecule has 0 spiro atoms. The number of anilines is 2. The van der Waals surface area contributed by atoms with E-state index in [1.165, 1.54) is 17.4 Å². The summed E-state index contributed by atoms with van der Waals surface area (Å²) in [6, 6.07) is 9.74. The maximum atomic E-state index is 12.9. The Kier molecular flexibility index (Phi) is 5.31. The molecule has 0 saturated carbocycles. The lowest BCUT2D eigenvalue weighted by Crippen LogP contribution is -2.29. The van der Waals surface area contributed by atoms with Crippen molar-refractivity contribution in [2.75, 3.05) is 10.2 Å². The number of rotatable bonds is 3. The van der Waals surface area contributed by atoms with Gasteiger partial charge in [0.15, 0.2) is 0 Å². The number of carbonyl (C=O) groups is 3. The van der Waals surface area contributed by atoms with Crippen molar-refractivity contribution >= 4 is 86.8 Å². The first-order valence-corrected chi connectivity index (χ1v) is 10.4. The van der Waals surface area contributed by atoms with Crippen LogP contribution in [0.3, 0.4) is 0 Å². The quantitative estimate of drug-likeness (QED) is 0.264. The van der Waals surface area contributed by atoms with Gasteiger partial charge < -0.3 is 5.32 Å². The number of carbonyl (C=O) groups excluding carboxylic acids is 3. The van der Waals surface area contributed by atoms with Crippen molar-refractivity contribution in [2.24, 2.45) is 0 Å². The van der Waals surface area contributed by atoms with Crippen molar-refractivity contribution < 1.29 is 14.4 Å². The molecule has 1 aliphatic heterocycles. The number of nitrogens with one attached hydrogen (secondary N) is 1. The first-order chi connectivity index (χ1) is 13.8. The van der Waals surface area contributed by atoms with Gasteiger partial charge >= 0.3 is 0 Å². The van der Waals surface area contributed by atoms with E-state index in [0.29, 0.717) is 10.6 Å². The number of amides is 3. The maximum absolute atomic E-state index is 12.9. The number of imide groups is 1. The van der Waals surface area contributed by atoms with Gasteiger partial charge in [-0.2, -0.15) is 0 Å². The molecule has 29 heavy (non-hydrogen) atoms. The topological polar surface area (TPSA) is 66.5 Å². The first kappa shape index (κ1) is 20.2. The first-order valence-electron chi connectivity index (χ1n) is 8.01. The van der Waals surface area contributed by atoms with Crippen molar-refractivity contribution in [3.8, 4) is 0 Å². The van der Waals surface area contributed by atoms with Crippen LogP contribution in [0.1, 0.15) is 30.4 Å². The summed E-state index contributed by atoms with van der Waals surface area (Å²) in [4.78, 5) is 39.6. The molecule has 1 aromatic heterocycles. The molecule has 2 aromatic carbocycles. The third-order valence-electron chi connectivity index (χ3n) is 4.21. The zero-order valence-electron chi connectivity index (χ0n) is 14.1. The standard InChI is InChI=1S/C19H8Cl4N2O3S/c20-13-11-12(14(21)16(23)15(13)22)19(28)25(18(11)27)9-4-1-3-8(7-9)24-17(26)10-5-2-6-29-10/h1-7H,(H,24,26). The smallest absolute Gasteiger partial charge is 0.267 e. The van der Waals surface area contributed by atoms with Crippen LogP contribution in [0.15, 0.2) is 41.8 Å². The molecule has 1 aliphatic rings. The molecule has 3 aromatic rings. The summed E-state index contributed by atoms with van der Waals surface area (Å²) < 4.78 is 0. The monoisotopic (exact) mass is 484 g/mol. The Morgan fingerprint density at radius 2 is 1.48 bits per heavy atom. The van der Waals surface area contributed by atoms with Gasteiger partial charge in [-0.3, -0.25) is 14.4 Å². The fourth-order valence-corrected chi connectivity index (χ4v) is 4.54. The molecule has 0 saturated heterocycles. The molecule has 1 N–H and O–H groups in total. The van der Waals surface area contributed by atoms with Crippen LogP contribution >= 0.6 is 57.7 Å². The summed E-state index contributed by atoms with van der Waals surface area (Å²) in [7, 11) is 0. The Hall–Kier alpha value is -2.09. The van der Waals surface area contributed by atoms with Crippen LogP contribution in [0.25, 0.3) is 0 Å². The molecule has 0 bridgehead atoms. The molecule has 3 amide bonds. The van der Waals surface area contributed by atoms with E-state index in [0.717, 1.165) is 4.90 Å². The van der Waals surface area contributed by atoms with Gasteiger partial charge in [-0.1, -0.05) is 58.5 Å². The molecular formula is C19H8Cl4N2O3S. The zero-order valence-corrected chi connectivity index (χ0v) is 18.0. The maximum Gasteiger partial charge on any atom is 0.267 e. The van der Waals surface area contributed by atoms with E-state index < -0.39 is 11.8 Å². The Morgan fingerprint density at radius 3 is 2.03 bits per heavy atom. The van der Waals surface area contributed by atoms with Crippen LogP contribution in [0, 0.1) is 0 Å². The molecule has 146 valence electrons. The van der Waals surface area contributed by atoms with E-state index in [9.17, 15) is 14.4 Å². The summed E-state index contributed by atoms with van der Waals surface area (Å²) in [6.45, 7) is 0. The summed E-state index contributed by atoms with van der Waals surface area (Å²) >= 11 is 25.7.